The minimum atomic E-state index is -0.199. The van der Waals surface area contributed by atoms with Gasteiger partial charge >= 0.3 is 5.97 Å². The van der Waals surface area contributed by atoms with Crippen molar-refractivity contribution in [2.75, 3.05) is 6.61 Å². The van der Waals surface area contributed by atoms with Crippen LogP contribution in [0.4, 0.5) is 0 Å². The maximum atomic E-state index is 12.3. The Balaban J connectivity index is 1.39. The average Bonchev–Trinajstić information content (AvgIpc) is 3.22. The number of esters is 1. The molecule has 4 aliphatic rings. The fourth-order valence-electron chi connectivity index (χ4n) is 10.0. The summed E-state index contributed by atoms with van der Waals surface area (Å²) in [6.45, 7) is 19.1. The summed E-state index contributed by atoms with van der Waals surface area (Å²) in [5.74, 6) is 5.84. The van der Waals surface area contributed by atoms with Gasteiger partial charge in [0.2, 0.25) is 0 Å². The van der Waals surface area contributed by atoms with Crippen LogP contribution in [0, 0.1) is 52.3 Å². The smallest absolute Gasteiger partial charge is 0.332 e. The van der Waals surface area contributed by atoms with Crippen molar-refractivity contribution in [1.82, 2.24) is 0 Å². The van der Waals surface area contributed by atoms with Crippen LogP contribution in [0.2, 0.25) is 0 Å². The third kappa shape index (κ3) is 6.08. The molecule has 4 rings (SSSR count). The highest BCUT2D eigenvalue weighted by molar-refractivity contribution is 5.71. The van der Waals surface area contributed by atoms with E-state index in [1.165, 1.54) is 64.2 Å². The molecule has 218 valence electrons. The first kappa shape index (κ1) is 30.1. The largest absolute Gasteiger partial charge is 0.460 e. The quantitative estimate of drug-likeness (QED) is 0.198. The van der Waals surface area contributed by atoms with E-state index < -0.39 is 0 Å². The van der Waals surface area contributed by atoms with Gasteiger partial charge < -0.3 is 9.47 Å². The van der Waals surface area contributed by atoms with Gasteiger partial charge in [0, 0.05) is 6.42 Å². The lowest BCUT2D eigenvalue weighted by Crippen LogP contribution is -2.51. The number of allylic oxidation sites excluding steroid dienone is 1. The van der Waals surface area contributed by atoms with E-state index >= 15 is 0 Å². The summed E-state index contributed by atoms with van der Waals surface area (Å²) in [5, 5.41) is 0. The molecule has 0 saturated heterocycles. The first-order valence-electron chi connectivity index (χ1n) is 16.5. The fraction of sp³-hybridized carbons (Fsp3) is 0.914. The van der Waals surface area contributed by atoms with Gasteiger partial charge in [-0.3, -0.25) is 0 Å². The third-order valence-electron chi connectivity index (χ3n) is 12.2. The van der Waals surface area contributed by atoms with Crippen molar-refractivity contribution >= 4 is 5.97 Å². The van der Waals surface area contributed by atoms with Gasteiger partial charge in [0.25, 0.3) is 0 Å². The van der Waals surface area contributed by atoms with E-state index in [0.29, 0.717) is 10.8 Å². The summed E-state index contributed by atoms with van der Waals surface area (Å²) in [6.07, 6.45) is 18.3. The second kappa shape index (κ2) is 12.4. The van der Waals surface area contributed by atoms with Crippen LogP contribution >= 0.6 is 0 Å². The molecule has 0 bridgehead atoms. The minimum Gasteiger partial charge on any atom is -0.460 e. The Hall–Kier alpha value is -0.830. The SMILES string of the molecule is CCC[C@H](CC[C@@H](C)[C@H]1CC[C@H]2[C@@H]3CC=C4C[C@@H](OC(=O)COC(C)C)CC[C@]4(C)[C@H]3CC[C@]12C)C(C)C. The molecule has 0 spiro atoms. The normalized spacial score (nSPS) is 38.3. The van der Waals surface area contributed by atoms with Gasteiger partial charge in [-0.25, -0.2) is 4.79 Å². The Morgan fingerprint density at radius 3 is 2.42 bits per heavy atom. The average molecular weight is 529 g/mol. The highest BCUT2D eigenvalue weighted by atomic mass is 16.6. The maximum absolute atomic E-state index is 12.3. The predicted octanol–water partition coefficient (Wildman–Crippen LogP) is 9.39. The number of hydrogen-bond acceptors (Lipinski definition) is 3. The number of carbonyl (C=O) groups excluding carboxylic acids is 1. The Morgan fingerprint density at radius 2 is 1.74 bits per heavy atom. The molecule has 0 aromatic heterocycles. The Labute approximate surface area is 235 Å². The highest BCUT2D eigenvalue weighted by Crippen LogP contribution is 2.67. The number of rotatable bonds is 11. The van der Waals surface area contributed by atoms with Crippen molar-refractivity contribution in [2.45, 2.75) is 145 Å². The second-order valence-electron chi connectivity index (χ2n) is 15.0. The summed E-state index contributed by atoms with van der Waals surface area (Å²) in [7, 11) is 0. The van der Waals surface area contributed by atoms with Gasteiger partial charge in [0.05, 0.1) is 6.10 Å². The molecule has 0 aromatic rings. The third-order valence-corrected chi connectivity index (χ3v) is 12.2. The number of fused-ring (bicyclic) bond motifs is 5. The van der Waals surface area contributed by atoms with Crippen LogP contribution in [0.1, 0.15) is 132 Å². The topological polar surface area (TPSA) is 35.5 Å². The van der Waals surface area contributed by atoms with E-state index in [4.69, 9.17) is 9.47 Å². The minimum absolute atomic E-state index is 0.0297. The van der Waals surface area contributed by atoms with Crippen LogP contribution in [-0.2, 0) is 14.3 Å². The van der Waals surface area contributed by atoms with E-state index in [0.717, 1.165) is 54.3 Å². The molecular formula is C35H60O3. The van der Waals surface area contributed by atoms with Crippen molar-refractivity contribution in [3.63, 3.8) is 0 Å². The van der Waals surface area contributed by atoms with Crippen LogP contribution < -0.4 is 0 Å². The number of ether oxygens (including phenoxy) is 2. The maximum Gasteiger partial charge on any atom is 0.332 e. The van der Waals surface area contributed by atoms with Gasteiger partial charge in [-0.15, -0.1) is 0 Å². The van der Waals surface area contributed by atoms with Crippen LogP contribution in [0.15, 0.2) is 11.6 Å². The molecule has 3 saturated carbocycles. The molecule has 3 heteroatoms. The van der Waals surface area contributed by atoms with Gasteiger partial charge in [0.15, 0.2) is 0 Å². The van der Waals surface area contributed by atoms with Crippen LogP contribution in [0.5, 0.6) is 0 Å². The first-order valence-corrected chi connectivity index (χ1v) is 16.5. The molecule has 9 atom stereocenters. The zero-order valence-electron chi connectivity index (χ0n) is 26.2. The molecule has 0 N–H and O–H groups in total. The monoisotopic (exact) mass is 528 g/mol. The molecule has 0 radical (unpaired) electrons. The molecule has 0 amide bonds. The summed E-state index contributed by atoms with van der Waals surface area (Å²) in [5.41, 5.74) is 2.43. The van der Waals surface area contributed by atoms with Gasteiger partial charge in [-0.1, -0.05) is 72.5 Å². The predicted molar refractivity (Wildman–Crippen MR) is 158 cm³/mol. The lowest BCUT2D eigenvalue weighted by molar-refractivity contribution is -0.158. The zero-order chi connectivity index (χ0) is 27.7. The standard InChI is InChI=1S/C35H60O3/c1-9-10-26(23(2)3)12-11-25(6)30-15-16-31-29-14-13-27-21-28(38-33(36)22-37-24(4)5)17-19-34(27,7)32(29)18-20-35(30,31)8/h13,23-26,28-32H,9-12,14-22H2,1-8H3/t25-,26-,28+,29+,30-,31+,32+,34+,35-/m1/s1. The van der Waals surface area contributed by atoms with Gasteiger partial charge in [0.1, 0.15) is 12.7 Å². The lowest BCUT2D eigenvalue weighted by atomic mass is 9.47. The summed E-state index contributed by atoms with van der Waals surface area (Å²) >= 11 is 0. The molecule has 3 fully saturated rings. The van der Waals surface area contributed by atoms with Crippen LogP contribution in [0.3, 0.4) is 0 Å². The molecular weight excluding hydrogens is 468 g/mol. The summed E-state index contributed by atoms with van der Waals surface area (Å²) in [4.78, 5) is 12.3. The van der Waals surface area contributed by atoms with E-state index in [1.807, 2.05) is 13.8 Å². The summed E-state index contributed by atoms with van der Waals surface area (Å²) in [6, 6.07) is 0. The number of carbonyl (C=O) groups is 1. The zero-order valence-corrected chi connectivity index (χ0v) is 26.2. The van der Waals surface area contributed by atoms with Crippen LogP contribution in [-0.4, -0.2) is 24.8 Å². The van der Waals surface area contributed by atoms with Crippen molar-refractivity contribution < 1.29 is 14.3 Å². The molecule has 38 heavy (non-hydrogen) atoms. The van der Waals surface area contributed by atoms with Crippen molar-refractivity contribution in [3.8, 4) is 0 Å². The van der Waals surface area contributed by atoms with Crippen LogP contribution in [0.25, 0.3) is 0 Å². The molecule has 0 unspecified atom stereocenters. The fourth-order valence-corrected chi connectivity index (χ4v) is 10.0. The van der Waals surface area contributed by atoms with E-state index in [1.54, 1.807) is 5.57 Å². The van der Waals surface area contributed by atoms with E-state index in [9.17, 15) is 4.79 Å². The van der Waals surface area contributed by atoms with Gasteiger partial charge in [-0.2, -0.15) is 0 Å². The van der Waals surface area contributed by atoms with Gasteiger partial charge in [-0.05, 0) is 117 Å². The van der Waals surface area contributed by atoms with Crippen molar-refractivity contribution in [2.24, 2.45) is 52.3 Å². The molecule has 0 aliphatic heterocycles. The first-order chi connectivity index (χ1) is 18.0. The number of hydrogen-bond donors (Lipinski definition) is 0. The molecule has 4 aliphatic carbocycles. The van der Waals surface area contributed by atoms with Crippen molar-refractivity contribution in [3.05, 3.63) is 11.6 Å². The Morgan fingerprint density at radius 1 is 0.974 bits per heavy atom. The highest BCUT2D eigenvalue weighted by Gasteiger charge is 2.59. The molecule has 3 nitrogen and oxygen atoms in total. The second-order valence-corrected chi connectivity index (χ2v) is 15.0. The molecule has 0 aromatic carbocycles. The van der Waals surface area contributed by atoms with E-state index in [-0.39, 0.29) is 24.8 Å². The molecule has 0 heterocycles. The Bertz CT molecular complexity index is 829. The Kier molecular flexibility index (Phi) is 9.80. The van der Waals surface area contributed by atoms with E-state index in [2.05, 4.69) is 47.6 Å². The van der Waals surface area contributed by atoms with Crippen molar-refractivity contribution in [1.29, 1.82) is 0 Å². The lowest BCUT2D eigenvalue weighted by Gasteiger charge is -2.58. The summed E-state index contributed by atoms with van der Waals surface area (Å²) < 4.78 is 11.3.